The lowest BCUT2D eigenvalue weighted by Crippen LogP contribution is -2.12. The van der Waals surface area contributed by atoms with Crippen LogP contribution in [0.3, 0.4) is 0 Å². The van der Waals surface area contributed by atoms with Crippen LogP contribution in [0.2, 0.25) is 5.02 Å². The minimum absolute atomic E-state index is 0.0903. The zero-order valence-electron chi connectivity index (χ0n) is 11.7. The van der Waals surface area contributed by atoms with E-state index >= 15 is 0 Å². The maximum absolute atomic E-state index is 13.2. The maximum atomic E-state index is 13.2. The second kappa shape index (κ2) is 6.10. The molecule has 0 aliphatic carbocycles. The molecule has 0 spiro atoms. The first kappa shape index (κ1) is 16.8. The summed E-state index contributed by atoms with van der Waals surface area (Å²) >= 11 is 6.88. The summed E-state index contributed by atoms with van der Waals surface area (Å²) in [5, 5.41) is 15.9. The number of nitrogens with zero attached hydrogens (tertiary/aromatic N) is 4. The SMILES string of the molecule is O=C(O)CCSc1nc2ccc(Cl)cc2n2c(C(F)(F)F)nnc12. The predicted octanol–water partition coefficient (Wildman–Crippen LogP) is 3.52. The van der Waals surface area contributed by atoms with Crippen LogP contribution in [0, 0.1) is 0 Å². The molecular weight excluding hydrogens is 369 g/mol. The van der Waals surface area contributed by atoms with Crippen LogP contribution in [-0.4, -0.2) is 36.4 Å². The van der Waals surface area contributed by atoms with Gasteiger partial charge in [-0.15, -0.1) is 22.0 Å². The van der Waals surface area contributed by atoms with E-state index in [4.69, 9.17) is 16.7 Å². The normalized spacial score (nSPS) is 12.2. The molecule has 6 nitrogen and oxygen atoms in total. The van der Waals surface area contributed by atoms with Gasteiger partial charge in [-0.3, -0.25) is 9.20 Å². The summed E-state index contributed by atoms with van der Waals surface area (Å²) in [6.07, 6.45) is -4.86. The number of hydrogen-bond donors (Lipinski definition) is 1. The van der Waals surface area contributed by atoms with Crippen LogP contribution in [-0.2, 0) is 11.0 Å². The fraction of sp³-hybridized carbons (Fsp3) is 0.231. The first-order valence-corrected chi connectivity index (χ1v) is 7.90. The zero-order valence-corrected chi connectivity index (χ0v) is 13.3. The van der Waals surface area contributed by atoms with Gasteiger partial charge in [-0.05, 0) is 18.2 Å². The Labute approximate surface area is 141 Å². The highest BCUT2D eigenvalue weighted by Gasteiger charge is 2.38. The van der Waals surface area contributed by atoms with Gasteiger partial charge >= 0.3 is 12.1 Å². The Bertz CT molecular complexity index is 944. The van der Waals surface area contributed by atoms with Gasteiger partial charge in [0.2, 0.25) is 5.82 Å². The number of carboxylic acid groups (broad SMARTS) is 1. The van der Waals surface area contributed by atoms with E-state index in [2.05, 4.69) is 15.2 Å². The van der Waals surface area contributed by atoms with Gasteiger partial charge in [0.25, 0.3) is 0 Å². The lowest BCUT2D eigenvalue weighted by Gasteiger charge is -2.09. The minimum atomic E-state index is -4.71. The predicted molar refractivity (Wildman–Crippen MR) is 81.3 cm³/mol. The van der Waals surface area contributed by atoms with Gasteiger partial charge in [0.15, 0.2) is 5.65 Å². The molecule has 0 radical (unpaired) electrons. The first-order chi connectivity index (χ1) is 11.3. The standard InChI is InChI=1S/C13H8ClF3N4O2S/c14-6-1-2-7-8(5-6)21-10(19-20-12(21)13(15,16)17)11(18-7)24-4-3-9(22)23/h1-2,5H,3-4H2,(H,22,23). The van der Waals surface area contributed by atoms with Crippen LogP contribution >= 0.6 is 23.4 Å². The molecule has 0 aliphatic heterocycles. The van der Waals surface area contributed by atoms with Crippen molar-refractivity contribution in [1.82, 2.24) is 19.6 Å². The summed E-state index contributed by atoms with van der Waals surface area (Å²) in [6, 6.07) is 4.34. The highest BCUT2D eigenvalue weighted by molar-refractivity contribution is 7.99. The number of aromatic nitrogens is 4. The summed E-state index contributed by atoms with van der Waals surface area (Å²) in [7, 11) is 0. The number of carboxylic acids is 1. The van der Waals surface area contributed by atoms with E-state index < -0.39 is 18.0 Å². The molecule has 0 bridgehead atoms. The summed E-state index contributed by atoms with van der Waals surface area (Å²) in [5.74, 6) is -2.05. The minimum Gasteiger partial charge on any atom is -0.481 e. The van der Waals surface area contributed by atoms with E-state index in [1.54, 1.807) is 0 Å². The molecule has 1 N–H and O–H groups in total. The molecule has 0 atom stereocenters. The molecule has 2 aromatic heterocycles. The van der Waals surface area contributed by atoms with E-state index in [0.29, 0.717) is 0 Å². The average Bonchev–Trinajstić information content (AvgIpc) is 2.93. The summed E-state index contributed by atoms with van der Waals surface area (Å²) in [6.45, 7) is 0. The van der Waals surface area contributed by atoms with E-state index in [1.165, 1.54) is 18.2 Å². The molecule has 11 heteroatoms. The van der Waals surface area contributed by atoms with E-state index in [-0.39, 0.29) is 38.9 Å². The quantitative estimate of drug-likeness (QED) is 0.702. The fourth-order valence-corrected chi connectivity index (χ4v) is 3.16. The number of benzene rings is 1. The van der Waals surface area contributed by atoms with Crippen molar-refractivity contribution in [1.29, 1.82) is 0 Å². The average molecular weight is 377 g/mol. The third-order valence-corrected chi connectivity index (χ3v) is 4.25. The number of thioether (sulfide) groups is 1. The topological polar surface area (TPSA) is 80.4 Å². The van der Waals surface area contributed by atoms with E-state index in [1.807, 2.05) is 0 Å². The Balaban J connectivity index is 2.24. The Kier molecular flexibility index (Phi) is 4.26. The van der Waals surface area contributed by atoms with Crippen molar-refractivity contribution in [3.05, 3.63) is 29.0 Å². The molecule has 0 unspecified atom stereocenters. The van der Waals surface area contributed by atoms with Crippen molar-refractivity contribution in [3.8, 4) is 0 Å². The molecule has 0 amide bonds. The Morgan fingerprint density at radius 1 is 1.33 bits per heavy atom. The van der Waals surface area contributed by atoms with Crippen LogP contribution in [0.4, 0.5) is 13.2 Å². The molecule has 2 heterocycles. The van der Waals surface area contributed by atoms with Crippen LogP contribution < -0.4 is 0 Å². The number of carbonyl (C=O) groups is 1. The summed E-state index contributed by atoms with van der Waals surface area (Å²) in [4.78, 5) is 14.9. The Hall–Kier alpha value is -2.07. The van der Waals surface area contributed by atoms with Gasteiger partial charge in [-0.25, -0.2) is 4.98 Å². The van der Waals surface area contributed by atoms with Crippen molar-refractivity contribution in [3.63, 3.8) is 0 Å². The number of alkyl halides is 3. The maximum Gasteiger partial charge on any atom is 0.452 e. The van der Waals surface area contributed by atoms with Gasteiger partial charge in [0.05, 0.1) is 17.5 Å². The van der Waals surface area contributed by atoms with Crippen molar-refractivity contribution in [2.24, 2.45) is 0 Å². The molecular formula is C13H8ClF3N4O2S. The second-order valence-electron chi connectivity index (χ2n) is 4.72. The number of halogens is 4. The number of fused-ring (bicyclic) bond motifs is 3. The van der Waals surface area contributed by atoms with Crippen LogP contribution in [0.25, 0.3) is 16.7 Å². The third kappa shape index (κ3) is 3.11. The molecule has 126 valence electrons. The highest BCUT2D eigenvalue weighted by Crippen LogP contribution is 2.33. The van der Waals surface area contributed by atoms with Gasteiger partial charge < -0.3 is 5.11 Å². The number of hydrogen-bond acceptors (Lipinski definition) is 5. The van der Waals surface area contributed by atoms with Crippen LogP contribution in [0.5, 0.6) is 0 Å². The molecule has 24 heavy (non-hydrogen) atoms. The molecule has 0 saturated carbocycles. The lowest BCUT2D eigenvalue weighted by atomic mass is 10.3. The van der Waals surface area contributed by atoms with Crippen LogP contribution in [0.1, 0.15) is 12.2 Å². The van der Waals surface area contributed by atoms with Crippen molar-refractivity contribution >= 4 is 46.0 Å². The third-order valence-electron chi connectivity index (χ3n) is 3.06. The van der Waals surface area contributed by atoms with Crippen molar-refractivity contribution < 1.29 is 23.1 Å². The molecule has 0 saturated heterocycles. The van der Waals surface area contributed by atoms with Crippen molar-refractivity contribution in [2.45, 2.75) is 17.6 Å². The lowest BCUT2D eigenvalue weighted by molar-refractivity contribution is -0.145. The Morgan fingerprint density at radius 2 is 2.08 bits per heavy atom. The monoisotopic (exact) mass is 376 g/mol. The Morgan fingerprint density at radius 3 is 2.75 bits per heavy atom. The van der Waals surface area contributed by atoms with Gasteiger partial charge in [-0.2, -0.15) is 13.2 Å². The molecule has 3 rings (SSSR count). The summed E-state index contributed by atoms with van der Waals surface area (Å²) < 4.78 is 40.5. The van der Waals surface area contributed by atoms with E-state index in [9.17, 15) is 18.0 Å². The van der Waals surface area contributed by atoms with E-state index in [0.717, 1.165) is 16.2 Å². The van der Waals surface area contributed by atoms with Gasteiger partial charge in [-0.1, -0.05) is 11.6 Å². The zero-order chi connectivity index (χ0) is 17.5. The molecule has 0 aliphatic rings. The van der Waals surface area contributed by atoms with Crippen LogP contribution in [0.15, 0.2) is 23.2 Å². The highest BCUT2D eigenvalue weighted by atomic mass is 35.5. The second-order valence-corrected chi connectivity index (χ2v) is 6.24. The molecule has 0 fully saturated rings. The molecule has 1 aromatic carbocycles. The summed E-state index contributed by atoms with van der Waals surface area (Å²) in [5.41, 5.74) is 0.305. The number of rotatable bonds is 4. The number of aliphatic carboxylic acids is 1. The smallest absolute Gasteiger partial charge is 0.452 e. The fourth-order valence-electron chi connectivity index (χ4n) is 2.10. The molecule has 3 aromatic rings. The van der Waals surface area contributed by atoms with Crippen molar-refractivity contribution in [2.75, 3.05) is 5.75 Å². The van der Waals surface area contributed by atoms with Gasteiger partial charge in [0.1, 0.15) is 5.03 Å². The van der Waals surface area contributed by atoms with Gasteiger partial charge in [0, 0.05) is 10.8 Å². The first-order valence-electron chi connectivity index (χ1n) is 6.53. The largest absolute Gasteiger partial charge is 0.481 e.